The van der Waals surface area contributed by atoms with Crippen LogP contribution in [0.25, 0.3) is 0 Å². The van der Waals surface area contributed by atoms with Crippen LogP contribution in [0.1, 0.15) is 44.4 Å². The van der Waals surface area contributed by atoms with E-state index in [1.165, 1.54) is 25.3 Å². The van der Waals surface area contributed by atoms with E-state index < -0.39 is 17.8 Å². The third-order valence-corrected chi connectivity index (χ3v) is 3.89. The molecule has 0 saturated carbocycles. The zero-order valence-electron chi connectivity index (χ0n) is 13.9. The van der Waals surface area contributed by atoms with Crippen LogP contribution in [0.5, 0.6) is 5.75 Å². The molecule has 25 heavy (non-hydrogen) atoms. The van der Waals surface area contributed by atoms with Gasteiger partial charge >= 0.3 is 5.97 Å². The number of ether oxygens (including phenoxy) is 2. The van der Waals surface area contributed by atoms with E-state index in [0.29, 0.717) is 24.5 Å². The number of methoxy groups -OCH3 is 1. The van der Waals surface area contributed by atoms with Gasteiger partial charge in [0.1, 0.15) is 5.75 Å². The molecule has 0 spiro atoms. The maximum Gasteiger partial charge on any atom is 0.338 e. The van der Waals surface area contributed by atoms with E-state index >= 15 is 0 Å². The van der Waals surface area contributed by atoms with Gasteiger partial charge in [-0.3, -0.25) is 9.59 Å². The highest BCUT2D eigenvalue weighted by atomic mass is 16.5. The molecule has 0 saturated heterocycles. The predicted octanol–water partition coefficient (Wildman–Crippen LogP) is 3.06. The Morgan fingerprint density at radius 1 is 1.00 bits per heavy atom. The van der Waals surface area contributed by atoms with Crippen molar-refractivity contribution in [1.29, 1.82) is 0 Å². The number of anilines is 1. The summed E-state index contributed by atoms with van der Waals surface area (Å²) in [5.41, 5.74) is 1.17. The Morgan fingerprint density at radius 2 is 1.68 bits per heavy atom. The molecule has 0 radical (unpaired) electrons. The highest BCUT2D eigenvalue weighted by molar-refractivity contribution is 6.34. The number of carbonyl (C=O) groups is 3. The lowest BCUT2D eigenvalue weighted by molar-refractivity contribution is 0.0505. The molecule has 1 aliphatic rings. The van der Waals surface area contributed by atoms with Gasteiger partial charge in [-0.15, -0.1) is 0 Å². The lowest BCUT2D eigenvalue weighted by Gasteiger charge is -2.14. The first kappa shape index (κ1) is 16.7. The summed E-state index contributed by atoms with van der Waals surface area (Å²) in [6.45, 7) is 2.20. The van der Waals surface area contributed by atoms with Crippen LogP contribution in [-0.2, 0) is 4.74 Å². The Morgan fingerprint density at radius 3 is 2.32 bits per heavy atom. The van der Waals surface area contributed by atoms with Gasteiger partial charge in [-0.25, -0.2) is 9.69 Å². The van der Waals surface area contributed by atoms with E-state index in [9.17, 15) is 14.4 Å². The van der Waals surface area contributed by atoms with E-state index in [2.05, 4.69) is 0 Å². The highest BCUT2D eigenvalue weighted by Crippen LogP contribution is 2.30. The summed E-state index contributed by atoms with van der Waals surface area (Å²) in [4.78, 5) is 38.3. The molecule has 2 aromatic rings. The summed E-state index contributed by atoms with van der Waals surface area (Å²) >= 11 is 0. The zero-order valence-corrected chi connectivity index (χ0v) is 13.9. The maximum absolute atomic E-state index is 12.7. The lowest BCUT2D eigenvalue weighted by atomic mass is 10.1. The summed E-state index contributed by atoms with van der Waals surface area (Å²) in [5, 5.41) is 0. The normalized spacial score (nSPS) is 13.0. The van der Waals surface area contributed by atoms with Crippen LogP contribution in [0.3, 0.4) is 0 Å². The Hall–Kier alpha value is -3.15. The van der Waals surface area contributed by atoms with Gasteiger partial charge in [0.25, 0.3) is 11.8 Å². The van der Waals surface area contributed by atoms with Gasteiger partial charge in [-0.2, -0.15) is 0 Å². The molecule has 0 N–H and O–H groups in total. The van der Waals surface area contributed by atoms with E-state index in [1.54, 1.807) is 24.3 Å². The van der Waals surface area contributed by atoms with E-state index in [1.807, 2.05) is 6.92 Å². The summed E-state index contributed by atoms with van der Waals surface area (Å²) in [6, 6.07) is 11.0. The Bertz CT molecular complexity index is 841. The molecule has 1 aliphatic heterocycles. The van der Waals surface area contributed by atoms with Crippen molar-refractivity contribution in [2.24, 2.45) is 0 Å². The molecule has 3 rings (SSSR count). The van der Waals surface area contributed by atoms with Crippen molar-refractivity contribution in [3.05, 3.63) is 59.2 Å². The molecular weight excluding hydrogens is 322 g/mol. The van der Waals surface area contributed by atoms with Crippen molar-refractivity contribution >= 4 is 23.5 Å². The van der Waals surface area contributed by atoms with Gasteiger partial charge in [-0.05, 0) is 48.9 Å². The molecule has 2 amide bonds. The van der Waals surface area contributed by atoms with Crippen molar-refractivity contribution in [2.75, 3.05) is 18.6 Å². The third-order valence-electron chi connectivity index (χ3n) is 3.89. The third kappa shape index (κ3) is 2.98. The molecule has 128 valence electrons. The van der Waals surface area contributed by atoms with Crippen LogP contribution in [0, 0.1) is 0 Å². The predicted molar refractivity (Wildman–Crippen MR) is 91.1 cm³/mol. The molecule has 0 fully saturated rings. The summed E-state index contributed by atoms with van der Waals surface area (Å²) in [7, 11) is 1.54. The molecular formula is C19H17NO5. The minimum absolute atomic E-state index is 0.201. The molecule has 0 atom stereocenters. The molecule has 6 heteroatoms. The van der Waals surface area contributed by atoms with Crippen LogP contribution in [0.4, 0.5) is 5.69 Å². The number of nitrogens with zero attached hydrogens (tertiary/aromatic N) is 1. The number of hydrogen-bond donors (Lipinski definition) is 0. The molecule has 1 heterocycles. The van der Waals surface area contributed by atoms with Gasteiger partial charge in [0.05, 0.1) is 36.1 Å². The Labute approximate surface area is 145 Å². The van der Waals surface area contributed by atoms with E-state index in [4.69, 9.17) is 9.47 Å². The number of imide groups is 1. The maximum atomic E-state index is 12.7. The van der Waals surface area contributed by atoms with Crippen LogP contribution < -0.4 is 9.64 Å². The first-order valence-corrected chi connectivity index (χ1v) is 7.90. The second-order valence-corrected chi connectivity index (χ2v) is 5.54. The van der Waals surface area contributed by atoms with Crippen molar-refractivity contribution in [1.82, 2.24) is 0 Å². The van der Waals surface area contributed by atoms with Gasteiger partial charge < -0.3 is 9.47 Å². The van der Waals surface area contributed by atoms with Crippen molar-refractivity contribution in [2.45, 2.75) is 13.3 Å². The van der Waals surface area contributed by atoms with Gasteiger partial charge in [-0.1, -0.05) is 6.92 Å². The van der Waals surface area contributed by atoms with Crippen LogP contribution in [0.2, 0.25) is 0 Å². The average Bonchev–Trinajstić information content (AvgIpc) is 2.90. The molecule has 0 unspecified atom stereocenters. The fraction of sp³-hybridized carbons (Fsp3) is 0.211. The summed E-state index contributed by atoms with van der Waals surface area (Å²) in [6.07, 6.45) is 0.708. The number of hydrogen-bond acceptors (Lipinski definition) is 5. The summed E-state index contributed by atoms with van der Waals surface area (Å²) in [5.74, 6) is -0.761. The molecule has 2 aromatic carbocycles. The number of fused-ring (bicyclic) bond motifs is 1. The molecule has 0 aliphatic carbocycles. The van der Waals surface area contributed by atoms with Crippen molar-refractivity contribution in [3.63, 3.8) is 0 Å². The van der Waals surface area contributed by atoms with Gasteiger partial charge in [0.2, 0.25) is 0 Å². The van der Waals surface area contributed by atoms with Crippen molar-refractivity contribution < 1.29 is 23.9 Å². The van der Waals surface area contributed by atoms with Crippen molar-refractivity contribution in [3.8, 4) is 5.75 Å². The van der Waals surface area contributed by atoms with Gasteiger partial charge in [0.15, 0.2) is 0 Å². The first-order valence-electron chi connectivity index (χ1n) is 7.90. The van der Waals surface area contributed by atoms with Crippen LogP contribution in [-0.4, -0.2) is 31.5 Å². The van der Waals surface area contributed by atoms with E-state index in [0.717, 1.165) is 4.90 Å². The quantitative estimate of drug-likeness (QED) is 0.618. The SMILES string of the molecule is CCCOC(=O)c1ccc2c(c1)C(=O)N(c1ccc(OC)cc1)C2=O. The second-order valence-electron chi connectivity index (χ2n) is 5.54. The van der Waals surface area contributed by atoms with Gasteiger partial charge in [0, 0.05) is 0 Å². The number of benzene rings is 2. The Kier molecular flexibility index (Phi) is 4.52. The topological polar surface area (TPSA) is 72.9 Å². The lowest BCUT2D eigenvalue weighted by Crippen LogP contribution is -2.29. The molecule has 6 nitrogen and oxygen atoms in total. The molecule has 0 aromatic heterocycles. The number of esters is 1. The first-order chi connectivity index (χ1) is 12.1. The number of rotatable bonds is 5. The Balaban J connectivity index is 1.92. The second kappa shape index (κ2) is 6.76. The summed E-state index contributed by atoms with van der Waals surface area (Å²) < 4.78 is 10.2. The van der Waals surface area contributed by atoms with Crippen LogP contribution >= 0.6 is 0 Å². The zero-order chi connectivity index (χ0) is 18.0. The van der Waals surface area contributed by atoms with E-state index in [-0.39, 0.29) is 16.7 Å². The number of carbonyl (C=O) groups excluding carboxylic acids is 3. The largest absolute Gasteiger partial charge is 0.497 e. The standard InChI is InChI=1S/C19H17NO5/c1-3-10-25-19(23)12-4-9-15-16(11-12)18(22)20(17(15)21)13-5-7-14(24-2)8-6-13/h4-9,11H,3,10H2,1-2H3. The minimum Gasteiger partial charge on any atom is -0.497 e. The van der Waals surface area contributed by atoms with Crippen LogP contribution in [0.15, 0.2) is 42.5 Å². The average molecular weight is 339 g/mol. The molecule has 0 bridgehead atoms. The monoisotopic (exact) mass is 339 g/mol. The number of amides is 2. The highest BCUT2D eigenvalue weighted by Gasteiger charge is 2.37. The fourth-order valence-corrected chi connectivity index (χ4v) is 2.61. The smallest absolute Gasteiger partial charge is 0.338 e. The minimum atomic E-state index is -0.507. The fourth-order valence-electron chi connectivity index (χ4n) is 2.61.